The van der Waals surface area contributed by atoms with E-state index in [1.54, 1.807) is 18.2 Å². The third-order valence-corrected chi connectivity index (χ3v) is 4.29. The summed E-state index contributed by atoms with van der Waals surface area (Å²) in [6.07, 6.45) is 0. The van der Waals surface area contributed by atoms with Crippen LogP contribution < -0.4 is 4.74 Å². The molecule has 0 saturated heterocycles. The van der Waals surface area contributed by atoms with Gasteiger partial charge in [-0.3, -0.25) is 4.79 Å². The Kier molecular flexibility index (Phi) is 4.84. The lowest BCUT2D eigenvalue weighted by Gasteiger charge is -2.12. The number of benzene rings is 2. The summed E-state index contributed by atoms with van der Waals surface area (Å²) in [6.45, 7) is 3.99. The number of hydrogen-bond acceptors (Lipinski definition) is 2. The summed E-state index contributed by atoms with van der Waals surface area (Å²) in [5.74, 6) is 0.149. The Labute approximate surface area is 131 Å². The summed E-state index contributed by atoms with van der Waals surface area (Å²) in [7, 11) is 0. The van der Waals surface area contributed by atoms with E-state index in [9.17, 15) is 4.79 Å². The Morgan fingerprint density at radius 3 is 2.50 bits per heavy atom. The summed E-state index contributed by atoms with van der Waals surface area (Å²) in [6, 6.07) is 12.7. The van der Waals surface area contributed by atoms with Crippen molar-refractivity contribution in [1.29, 1.82) is 0 Å². The number of esters is 1. The Bertz CT molecular complexity index is 640. The standard InChI is InChI=1S/C16H14BrClO2/c1-10-7-8-12(9-11(10)2)20-16(19)15(17)13-5-3-4-6-14(13)18/h3-9,15H,1-2H3. The fourth-order valence-corrected chi connectivity index (χ4v) is 2.62. The van der Waals surface area contributed by atoms with E-state index in [-0.39, 0.29) is 5.97 Å². The van der Waals surface area contributed by atoms with Gasteiger partial charge in [-0.05, 0) is 48.7 Å². The highest BCUT2D eigenvalue weighted by molar-refractivity contribution is 9.09. The molecule has 0 saturated carbocycles. The molecule has 1 atom stereocenters. The number of alkyl halides is 1. The monoisotopic (exact) mass is 352 g/mol. The summed E-state index contributed by atoms with van der Waals surface area (Å²) < 4.78 is 5.38. The number of hydrogen-bond donors (Lipinski definition) is 0. The van der Waals surface area contributed by atoms with Crippen LogP contribution in [-0.2, 0) is 4.79 Å². The maximum absolute atomic E-state index is 12.1. The molecule has 0 aliphatic rings. The van der Waals surface area contributed by atoms with Crippen LogP contribution in [0, 0.1) is 13.8 Å². The fourth-order valence-electron chi connectivity index (χ4n) is 1.75. The molecule has 20 heavy (non-hydrogen) atoms. The van der Waals surface area contributed by atoms with Gasteiger partial charge in [-0.2, -0.15) is 0 Å². The number of carbonyl (C=O) groups is 1. The first-order valence-corrected chi connectivity index (χ1v) is 7.46. The molecule has 2 aromatic carbocycles. The van der Waals surface area contributed by atoms with E-state index >= 15 is 0 Å². The molecule has 0 N–H and O–H groups in total. The van der Waals surface area contributed by atoms with Crippen LogP contribution in [0.1, 0.15) is 21.5 Å². The lowest BCUT2D eigenvalue weighted by atomic mass is 10.1. The Balaban J connectivity index is 2.15. The van der Waals surface area contributed by atoms with Crippen molar-refractivity contribution in [3.05, 3.63) is 64.2 Å². The third-order valence-electron chi connectivity index (χ3n) is 3.08. The molecule has 0 aliphatic carbocycles. The molecule has 2 rings (SSSR count). The van der Waals surface area contributed by atoms with E-state index in [0.717, 1.165) is 11.1 Å². The number of carbonyl (C=O) groups excluding carboxylic acids is 1. The molecule has 2 nitrogen and oxygen atoms in total. The van der Waals surface area contributed by atoms with Crippen molar-refractivity contribution < 1.29 is 9.53 Å². The highest BCUT2D eigenvalue weighted by atomic mass is 79.9. The maximum atomic E-state index is 12.1. The number of halogens is 2. The molecular formula is C16H14BrClO2. The minimum Gasteiger partial charge on any atom is -0.425 e. The van der Waals surface area contributed by atoms with Gasteiger partial charge in [0, 0.05) is 5.02 Å². The molecule has 0 heterocycles. The SMILES string of the molecule is Cc1ccc(OC(=O)C(Br)c2ccccc2Cl)cc1C. The highest BCUT2D eigenvalue weighted by Crippen LogP contribution is 2.31. The van der Waals surface area contributed by atoms with Crippen molar-refractivity contribution in [2.45, 2.75) is 18.7 Å². The summed E-state index contributed by atoms with van der Waals surface area (Å²) in [5, 5.41) is 0.534. The number of rotatable bonds is 3. The van der Waals surface area contributed by atoms with Gasteiger partial charge in [0.05, 0.1) is 0 Å². The van der Waals surface area contributed by atoms with Crippen LogP contribution in [0.2, 0.25) is 5.02 Å². The predicted molar refractivity (Wildman–Crippen MR) is 84.7 cm³/mol. The zero-order chi connectivity index (χ0) is 14.7. The Morgan fingerprint density at radius 2 is 1.85 bits per heavy atom. The van der Waals surface area contributed by atoms with Crippen molar-refractivity contribution in [3.8, 4) is 5.75 Å². The van der Waals surface area contributed by atoms with Crippen molar-refractivity contribution in [2.24, 2.45) is 0 Å². The zero-order valence-electron chi connectivity index (χ0n) is 11.2. The third kappa shape index (κ3) is 3.41. The topological polar surface area (TPSA) is 26.3 Å². The quantitative estimate of drug-likeness (QED) is 0.441. The van der Waals surface area contributed by atoms with Crippen LogP contribution in [0.25, 0.3) is 0 Å². The van der Waals surface area contributed by atoms with E-state index in [2.05, 4.69) is 15.9 Å². The van der Waals surface area contributed by atoms with Crippen molar-refractivity contribution in [3.63, 3.8) is 0 Å². The lowest BCUT2D eigenvalue weighted by Crippen LogP contribution is -2.14. The first-order valence-electron chi connectivity index (χ1n) is 6.16. The molecule has 0 fully saturated rings. The second kappa shape index (κ2) is 6.42. The fraction of sp³-hybridized carbons (Fsp3) is 0.188. The molecule has 1 unspecified atom stereocenters. The molecular weight excluding hydrogens is 340 g/mol. The van der Waals surface area contributed by atoms with E-state index in [4.69, 9.17) is 16.3 Å². The highest BCUT2D eigenvalue weighted by Gasteiger charge is 2.21. The normalized spacial score (nSPS) is 12.0. The second-order valence-corrected chi connectivity index (χ2v) is 5.87. The van der Waals surface area contributed by atoms with Gasteiger partial charge < -0.3 is 4.74 Å². The van der Waals surface area contributed by atoms with Gasteiger partial charge in [-0.25, -0.2) is 0 Å². The van der Waals surface area contributed by atoms with Crippen LogP contribution in [0.5, 0.6) is 5.75 Å². The number of aryl methyl sites for hydroxylation is 2. The molecule has 0 radical (unpaired) electrons. The average Bonchev–Trinajstić information content (AvgIpc) is 2.42. The van der Waals surface area contributed by atoms with E-state index in [1.165, 1.54) is 0 Å². The number of ether oxygens (including phenoxy) is 1. The van der Waals surface area contributed by atoms with Gasteiger partial charge in [0.2, 0.25) is 0 Å². The molecule has 4 heteroatoms. The Hall–Kier alpha value is -1.32. The van der Waals surface area contributed by atoms with Gasteiger partial charge in [0.1, 0.15) is 10.6 Å². The largest absolute Gasteiger partial charge is 0.425 e. The van der Waals surface area contributed by atoms with Gasteiger partial charge in [0.15, 0.2) is 0 Å². The zero-order valence-corrected chi connectivity index (χ0v) is 13.5. The maximum Gasteiger partial charge on any atom is 0.329 e. The van der Waals surface area contributed by atoms with Crippen LogP contribution in [0.4, 0.5) is 0 Å². The molecule has 0 aromatic heterocycles. The molecule has 0 amide bonds. The molecule has 2 aromatic rings. The van der Waals surface area contributed by atoms with Gasteiger partial charge in [-0.15, -0.1) is 0 Å². The summed E-state index contributed by atoms with van der Waals surface area (Å²) in [5.41, 5.74) is 2.94. The van der Waals surface area contributed by atoms with Crippen molar-refractivity contribution in [1.82, 2.24) is 0 Å². The van der Waals surface area contributed by atoms with Crippen LogP contribution in [0.15, 0.2) is 42.5 Å². The smallest absolute Gasteiger partial charge is 0.329 e. The summed E-state index contributed by atoms with van der Waals surface area (Å²) in [4.78, 5) is 11.5. The van der Waals surface area contributed by atoms with Crippen molar-refractivity contribution >= 4 is 33.5 Å². The average molecular weight is 354 g/mol. The first-order chi connectivity index (χ1) is 9.49. The van der Waals surface area contributed by atoms with Gasteiger partial charge >= 0.3 is 5.97 Å². The molecule has 0 bridgehead atoms. The first kappa shape index (κ1) is 15.1. The van der Waals surface area contributed by atoms with Gasteiger partial charge in [-0.1, -0.05) is 51.8 Å². The molecule has 0 spiro atoms. The van der Waals surface area contributed by atoms with Crippen LogP contribution in [-0.4, -0.2) is 5.97 Å². The van der Waals surface area contributed by atoms with E-state index in [1.807, 2.05) is 38.1 Å². The Morgan fingerprint density at radius 1 is 1.15 bits per heavy atom. The van der Waals surface area contributed by atoms with E-state index in [0.29, 0.717) is 16.3 Å². The molecule has 0 aliphatic heterocycles. The van der Waals surface area contributed by atoms with Gasteiger partial charge in [0.25, 0.3) is 0 Å². The second-order valence-electron chi connectivity index (χ2n) is 4.55. The lowest BCUT2D eigenvalue weighted by molar-refractivity contribution is -0.133. The minimum atomic E-state index is -0.585. The van der Waals surface area contributed by atoms with Crippen molar-refractivity contribution in [2.75, 3.05) is 0 Å². The van der Waals surface area contributed by atoms with Crippen LogP contribution >= 0.6 is 27.5 Å². The van der Waals surface area contributed by atoms with E-state index < -0.39 is 4.83 Å². The summed E-state index contributed by atoms with van der Waals surface area (Å²) >= 11 is 9.41. The van der Waals surface area contributed by atoms with Crippen LogP contribution in [0.3, 0.4) is 0 Å². The predicted octanol–water partition coefficient (Wildman–Crippen LogP) is 5.00. The molecule has 104 valence electrons. The minimum absolute atomic E-state index is 0.388.